The first-order valence-electron chi connectivity index (χ1n) is 12.2. The SMILES string of the molecule is N#Cc1ccc(-c2cccc(-c3cc4c5ccccc5c5ccccc5c4c4ccccc34)c2)cc1. The van der Waals surface area contributed by atoms with E-state index < -0.39 is 0 Å². The van der Waals surface area contributed by atoms with Crippen molar-refractivity contribution in [1.82, 2.24) is 0 Å². The van der Waals surface area contributed by atoms with Gasteiger partial charge >= 0.3 is 0 Å². The van der Waals surface area contributed by atoms with Gasteiger partial charge in [-0.2, -0.15) is 5.26 Å². The first-order chi connectivity index (χ1) is 17.8. The van der Waals surface area contributed by atoms with Crippen LogP contribution in [-0.4, -0.2) is 0 Å². The van der Waals surface area contributed by atoms with Gasteiger partial charge in [0.15, 0.2) is 0 Å². The van der Waals surface area contributed by atoms with Crippen LogP contribution in [-0.2, 0) is 0 Å². The molecule has 36 heavy (non-hydrogen) atoms. The van der Waals surface area contributed by atoms with Gasteiger partial charge in [-0.3, -0.25) is 0 Å². The molecule has 0 aliphatic carbocycles. The van der Waals surface area contributed by atoms with Crippen LogP contribution in [0.15, 0.2) is 127 Å². The van der Waals surface area contributed by atoms with Crippen molar-refractivity contribution in [3.8, 4) is 28.3 Å². The summed E-state index contributed by atoms with van der Waals surface area (Å²) in [6, 6.07) is 47.4. The fraction of sp³-hybridized carbons (Fsp3) is 0. The number of fused-ring (bicyclic) bond motifs is 8. The minimum atomic E-state index is 0.675. The van der Waals surface area contributed by atoms with Crippen LogP contribution >= 0.6 is 0 Å². The van der Waals surface area contributed by atoms with E-state index in [-0.39, 0.29) is 0 Å². The van der Waals surface area contributed by atoms with E-state index in [9.17, 15) is 5.26 Å². The smallest absolute Gasteiger partial charge is 0.0991 e. The maximum absolute atomic E-state index is 9.17. The lowest BCUT2D eigenvalue weighted by atomic mass is 9.87. The fourth-order valence-corrected chi connectivity index (χ4v) is 5.61. The molecule has 166 valence electrons. The Balaban J connectivity index is 1.57. The Morgan fingerprint density at radius 3 is 1.58 bits per heavy atom. The quantitative estimate of drug-likeness (QED) is 0.238. The van der Waals surface area contributed by atoms with E-state index in [0.717, 1.165) is 11.1 Å². The van der Waals surface area contributed by atoms with Gasteiger partial charge in [-0.15, -0.1) is 0 Å². The molecule has 1 heteroatoms. The molecular weight excluding hydrogens is 434 g/mol. The Bertz CT molecular complexity index is 1990. The number of hydrogen-bond donors (Lipinski definition) is 0. The molecule has 0 saturated heterocycles. The van der Waals surface area contributed by atoms with Crippen molar-refractivity contribution in [3.05, 3.63) is 133 Å². The molecule has 0 atom stereocenters. The summed E-state index contributed by atoms with van der Waals surface area (Å²) in [4.78, 5) is 0. The second-order valence-electron chi connectivity index (χ2n) is 9.25. The van der Waals surface area contributed by atoms with Crippen molar-refractivity contribution < 1.29 is 0 Å². The lowest BCUT2D eigenvalue weighted by molar-refractivity contribution is 1.48. The number of nitriles is 1. The normalized spacial score (nSPS) is 11.3. The standard InChI is InChI=1S/C35H21N/c36-22-23-16-18-24(19-17-23)25-8-7-9-26(20-25)33-21-34-29-12-2-1-10-27(29)28-11-3-5-14-31(28)35(34)32-15-6-4-13-30(32)33/h1-21H. The van der Waals surface area contributed by atoms with Crippen molar-refractivity contribution >= 4 is 43.1 Å². The average molecular weight is 456 g/mol. The summed E-state index contributed by atoms with van der Waals surface area (Å²) >= 11 is 0. The number of benzene rings is 7. The minimum Gasteiger partial charge on any atom is -0.192 e. The van der Waals surface area contributed by atoms with Crippen LogP contribution in [0.5, 0.6) is 0 Å². The molecule has 0 bridgehead atoms. The molecule has 0 fully saturated rings. The van der Waals surface area contributed by atoms with Gasteiger partial charge in [0.1, 0.15) is 0 Å². The van der Waals surface area contributed by atoms with Crippen molar-refractivity contribution in [2.75, 3.05) is 0 Å². The molecule has 0 aliphatic heterocycles. The summed E-state index contributed by atoms with van der Waals surface area (Å²) in [5.41, 5.74) is 5.35. The Morgan fingerprint density at radius 2 is 0.917 bits per heavy atom. The number of hydrogen-bond acceptors (Lipinski definition) is 1. The topological polar surface area (TPSA) is 23.8 Å². The van der Waals surface area contributed by atoms with Crippen molar-refractivity contribution in [1.29, 1.82) is 5.26 Å². The van der Waals surface area contributed by atoms with Gasteiger partial charge < -0.3 is 0 Å². The van der Waals surface area contributed by atoms with Crippen LogP contribution in [0.4, 0.5) is 0 Å². The van der Waals surface area contributed by atoms with Gasteiger partial charge in [0.2, 0.25) is 0 Å². The van der Waals surface area contributed by atoms with E-state index in [1.54, 1.807) is 0 Å². The number of nitrogens with zero attached hydrogens (tertiary/aromatic N) is 1. The van der Waals surface area contributed by atoms with E-state index in [1.807, 2.05) is 24.3 Å². The van der Waals surface area contributed by atoms with Gasteiger partial charge in [-0.1, -0.05) is 103 Å². The fourth-order valence-electron chi connectivity index (χ4n) is 5.61. The highest BCUT2D eigenvalue weighted by atomic mass is 14.2. The largest absolute Gasteiger partial charge is 0.192 e. The van der Waals surface area contributed by atoms with Crippen LogP contribution in [0.25, 0.3) is 65.3 Å². The molecule has 0 amide bonds. The van der Waals surface area contributed by atoms with Crippen molar-refractivity contribution in [2.45, 2.75) is 0 Å². The van der Waals surface area contributed by atoms with Crippen LogP contribution < -0.4 is 0 Å². The summed E-state index contributed by atoms with van der Waals surface area (Å²) in [5, 5.41) is 19.4. The van der Waals surface area contributed by atoms with E-state index >= 15 is 0 Å². The molecule has 7 rings (SSSR count). The minimum absolute atomic E-state index is 0.675. The highest BCUT2D eigenvalue weighted by Gasteiger charge is 2.15. The molecule has 0 N–H and O–H groups in total. The summed E-state index contributed by atoms with van der Waals surface area (Å²) in [5.74, 6) is 0. The second kappa shape index (κ2) is 8.08. The van der Waals surface area contributed by atoms with E-state index in [4.69, 9.17) is 0 Å². The van der Waals surface area contributed by atoms with Gasteiger partial charge in [0.25, 0.3) is 0 Å². The van der Waals surface area contributed by atoms with Crippen molar-refractivity contribution in [2.24, 2.45) is 0 Å². The van der Waals surface area contributed by atoms with E-state index in [0.29, 0.717) is 5.56 Å². The third-order valence-corrected chi connectivity index (χ3v) is 7.27. The zero-order chi connectivity index (χ0) is 24.1. The predicted octanol–water partition coefficient (Wildman–Crippen LogP) is 9.51. The summed E-state index contributed by atoms with van der Waals surface area (Å²) in [7, 11) is 0. The number of rotatable bonds is 2. The summed E-state index contributed by atoms with van der Waals surface area (Å²) in [6.07, 6.45) is 0. The lowest BCUT2D eigenvalue weighted by Crippen LogP contribution is -1.89. The molecule has 1 nitrogen and oxygen atoms in total. The first-order valence-corrected chi connectivity index (χ1v) is 12.2. The molecule has 0 unspecified atom stereocenters. The Labute approximate surface area is 209 Å². The van der Waals surface area contributed by atoms with Crippen molar-refractivity contribution in [3.63, 3.8) is 0 Å². The summed E-state index contributed by atoms with van der Waals surface area (Å²) in [6.45, 7) is 0. The highest BCUT2D eigenvalue weighted by Crippen LogP contribution is 2.43. The Morgan fingerprint density at radius 1 is 0.389 bits per heavy atom. The molecule has 7 aromatic rings. The molecular formula is C35H21N. The molecule has 0 radical (unpaired) electrons. The van der Waals surface area contributed by atoms with Crippen LogP contribution in [0.2, 0.25) is 0 Å². The molecule has 0 aromatic heterocycles. The Hall–Kier alpha value is -4.93. The average Bonchev–Trinajstić information content (AvgIpc) is 2.96. The summed E-state index contributed by atoms with van der Waals surface area (Å²) < 4.78 is 0. The third kappa shape index (κ3) is 3.09. The zero-order valence-corrected chi connectivity index (χ0v) is 19.6. The van der Waals surface area contributed by atoms with Crippen LogP contribution in [0.1, 0.15) is 5.56 Å². The molecule has 0 saturated carbocycles. The second-order valence-corrected chi connectivity index (χ2v) is 9.25. The monoisotopic (exact) mass is 455 g/mol. The van der Waals surface area contributed by atoms with E-state index in [1.165, 1.54) is 54.2 Å². The predicted molar refractivity (Wildman–Crippen MR) is 152 cm³/mol. The van der Waals surface area contributed by atoms with Gasteiger partial charge in [-0.25, -0.2) is 0 Å². The van der Waals surface area contributed by atoms with Gasteiger partial charge in [0, 0.05) is 0 Å². The maximum Gasteiger partial charge on any atom is 0.0991 e. The van der Waals surface area contributed by atoms with Crippen LogP contribution in [0.3, 0.4) is 0 Å². The van der Waals surface area contributed by atoms with E-state index in [2.05, 4.69) is 109 Å². The lowest BCUT2D eigenvalue weighted by Gasteiger charge is -2.16. The molecule has 0 heterocycles. The molecule has 7 aromatic carbocycles. The molecule has 0 aliphatic rings. The maximum atomic E-state index is 9.17. The van der Waals surface area contributed by atoms with Crippen LogP contribution in [0, 0.1) is 11.3 Å². The first kappa shape index (κ1) is 20.4. The zero-order valence-electron chi connectivity index (χ0n) is 19.6. The molecule has 0 spiro atoms. The highest BCUT2D eigenvalue weighted by molar-refractivity contribution is 6.33. The third-order valence-electron chi connectivity index (χ3n) is 7.27. The Kier molecular flexibility index (Phi) is 4.59. The van der Waals surface area contributed by atoms with Gasteiger partial charge in [-0.05, 0) is 89.6 Å². The van der Waals surface area contributed by atoms with Gasteiger partial charge in [0.05, 0.1) is 11.6 Å².